The molecule has 1 aliphatic rings. The maximum atomic E-state index is 9.05. The van der Waals surface area contributed by atoms with Crippen molar-refractivity contribution < 1.29 is 4.42 Å². The SMILES string of the molecule is CC(C)c1nc(C#N)c(N2CCCCC2)o1. The summed E-state index contributed by atoms with van der Waals surface area (Å²) in [6, 6.07) is 2.12. The van der Waals surface area contributed by atoms with Crippen molar-refractivity contribution in [1.82, 2.24) is 4.98 Å². The summed E-state index contributed by atoms with van der Waals surface area (Å²) >= 11 is 0. The van der Waals surface area contributed by atoms with Gasteiger partial charge in [-0.25, -0.2) is 4.98 Å². The summed E-state index contributed by atoms with van der Waals surface area (Å²) in [5.74, 6) is 1.56. The van der Waals surface area contributed by atoms with Gasteiger partial charge in [-0.1, -0.05) is 13.8 Å². The maximum absolute atomic E-state index is 9.05. The van der Waals surface area contributed by atoms with Crippen molar-refractivity contribution in [3.63, 3.8) is 0 Å². The Balaban J connectivity index is 2.28. The second-order valence-electron chi connectivity index (χ2n) is 4.52. The van der Waals surface area contributed by atoms with Crippen molar-refractivity contribution in [3.05, 3.63) is 11.6 Å². The van der Waals surface area contributed by atoms with Crippen molar-refractivity contribution in [2.75, 3.05) is 18.0 Å². The monoisotopic (exact) mass is 219 g/mol. The number of hydrogen-bond acceptors (Lipinski definition) is 4. The van der Waals surface area contributed by atoms with Crippen molar-refractivity contribution in [2.45, 2.75) is 39.0 Å². The third-order valence-electron chi connectivity index (χ3n) is 2.87. The first-order valence-electron chi connectivity index (χ1n) is 5.88. The summed E-state index contributed by atoms with van der Waals surface area (Å²) in [7, 11) is 0. The quantitative estimate of drug-likeness (QED) is 0.767. The van der Waals surface area contributed by atoms with Gasteiger partial charge in [0, 0.05) is 19.0 Å². The van der Waals surface area contributed by atoms with E-state index >= 15 is 0 Å². The molecule has 0 atom stereocenters. The minimum Gasteiger partial charge on any atom is -0.423 e. The van der Waals surface area contributed by atoms with E-state index in [0.717, 1.165) is 13.1 Å². The molecule has 0 aromatic carbocycles. The molecule has 1 fully saturated rings. The number of piperidine rings is 1. The molecule has 2 rings (SSSR count). The molecule has 0 aliphatic carbocycles. The smallest absolute Gasteiger partial charge is 0.234 e. The Morgan fingerprint density at radius 2 is 2.00 bits per heavy atom. The standard InChI is InChI=1S/C12H17N3O/c1-9(2)11-14-10(8-13)12(16-11)15-6-4-3-5-7-15/h9H,3-7H2,1-2H3. The van der Waals surface area contributed by atoms with E-state index in [2.05, 4.69) is 16.0 Å². The lowest BCUT2D eigenvalue weighted by atomic mass is 10.1. The fourth-order valence-electron chi connectivity index (χ4n) is 1.96. The summed E-state index contributed by atoms with van der Waals surface area (Å²) in [5, 5.41) is 9.05. The highest BCUT2D eigenvalue weighted by molar-refractivity contribution is 5.48. The van der Waals surface area contributed by atoms with Gasteiger partial charge in [-0.3, -0.25) is 0 Å². The second kappa shape index (κ2) is 4.56. The van der Waals surface area contributed by atoms with Crippen molar-refractivity contribution in [2.24, 2.45) is 0 Å². The van der Waals surface area contributed by atoms with Gasteiger partial charge in [0.2, 0.25) is 17.5 Å². The van der Waals surface area contributed by atoms with Gasteiger partial charge in [-0.2, -0.15) is 5.26 Å². The molecule has 1 aromatic heterocycles. The van der Waals surface area contributed by atoms with E-state index in [0.29, 0.717) is 17.5 Å². The lowest BCUT2D eigenvalue weighted by Crippen LogP contribution is -2.29. The third-order valence-corrected chi connectivity index (χ3v) is 2.87. The van der Waals surface area contributed by atoms with Gasteiger partial charge in [0.05, 0.1) is 0 Å². The summed E-state index contributed by atoms with van der Waals surface area (Å²) in [6.07, 6.45) is 3.61. The van der Waals surface area contributed by atoms with E-state index in [-0.39, 0.29) is 5.92 Å². The average molecular weight is 219 g/mol. The van der Waals surface area contributed by atoms with Crippen LogP contribution < -0.4 is 4.90 Å². The minimum atomic E-state index is 0.227. The highest BCUT2D eigenvalue weighted by atomic mass is 16.4. The molecule has 4 heteroatoms. The van der Waals surface area contributed by atoms with Crippen LogP contribution in [-0.2, 0) is 0 Å². The fourth-order valence-corrected chi connectivity index (χ4v) is 1.96. The predicted molar refractivity (Wildman–Crippen MR) is 61.4 cm³/mol. The van der Waals surface area contributed by atoms with Gasteiger partial charge < -0.3 is 9.32 Å². The molecule has 0 saturated carbocycles. The number of nitrogens with zero attached hydrogens (tertiary/aromatic N) is 3. The van der Waals surface area contributed by atoms with E-state index in [1.54, 1.807) is 0 Å². The first kappa shape index (κ1) is 11.0. The van der Waals surface area contributed by atoms with Crippen LogP contribution in [0.2, 0.25) is 0 Å². The summed E-state index contributed by atoms with van der Waals surface area (Å²) < 4.78 is 5.70. The van der Waals surface area contributed by atoms with E-state index in [4.69, 9.17) is 9.68 Å². The lowest BCUT2D eigenvalue weighted by Gasteiger charge is -2.25. The van der Waals surface area contributed by atoms with Crippen LogP contribution in [0.15, 0.2) is 4.42 Å². The zero-order chi connectivity index (χ0) is 11.5. The highest BCUT2D eigenvalue weighted by Crippen LogP contribution is 2.27. The van der Waals surface area contributed by atoms with Gasteiger partial charge in [-0.15, -0.1) is 0 Å². The summed E-state index contributed by atoms with van der Waals surface area (Å²) in [6.45, 7) is 5.99. The number of anilines is 1. The second-order valence-corrected chi connectivity index (χ2v) is 4.52. The summed E-state index contributed by atoms with van der Waals surface area (Å²) in [5.41, 5.74) is 0.436. The molecule has 1 aliphatic heterocycles. The van der Waals surface area contributed by atoms with Crippen molar-refractivity contribution in [3.8, 4) is 6.07 Å². The zero-order valence-electron chi connectivity index (χ0n) is 9.86. The van der Waals surface area contributed by atoms with Crippen molar-refractivity contribution in [1.29, 1.82) is 5.26 Å². The minimum absolute atomic E-state index is 0.227. The van der Waals surface area contributed by atoms with E-state index < -0.39 is 0 Å². The molecule has 2 heterocycles. The Hall–Kier alpha value is -1.50. The average Bonchev–Trinajstić information content (AvgIpc) is 2.74. The number of hydrogen-bond donors (Lipinski definition) is 0. The molecule has 1 aromatic rings. The first-order chi connectivity index (χ1) is 7.72. The van der Waals surface area contributed by atoms with Crippen LogP contribution >= 0.6 is 0 Å². The van der Waals surface area contributed by atoms with E-state index in [1.807, 2.05) is 13.8 Å². The van der Waals surface area contributed by atoms with Gasteiger partial charge in [-0.05, 0) is 19.3 Å². The molecule has 0 N–H and O–H groups in total. The molecule has 86 valence electrons. The maximum Gasteiger partial charge on any atom is 0.234 e. The molecular weight excluding hydrogens is 202 g/mol. The molecule has 16 heavy (non-hydrogen) atoms. The van der Waals surface area contributed by atoms with Crippen LogP contribution in [0.4, 0.5) is 5.88 Å². The van der Waals surface area contributed by atoms with Gasteiger partial charge in [0.25, 0.3) is 0 Å². The molecule has 0 amide bonds. The fraction of sp³-hybridized carbons (Fsp3) is 0.667. The number of nitriles is 1. The Kier molecular flexibility index (Phi) is 3.14. The van der Waals surface area contributed by atoms with E-state index in [1.165, 1.54) is 19.3 Å². The predicted octanol–water partition coefficient (Wildman–Crippen LogP) is 2.66. The van der Waals surface area contributed by atoms with Crippen LogP contribution in [0.1, 0.15) is 50.6 Å². The van der Waals surface area contributed by atoms with Crippen LogP contribution in [0.25, 0.3) is 0 Å². The Morgan fingerprint density at radius 1 is 1.31 bits per heavy atom. The van der Waals surface area contributed by atoms with Gasteiger partial charge in [0.15, 0.2) is 0 Å². The van der Waals surface area contributed by atoms with Crippen LogP contribution in [0.3, 0.4) is 0 Å². The molecule has 0 unspecified atom stereocenters. The third kappa shape index (κ3) is 2.04. The Bertz CT molecular complexity index is 397. The molecule has 4 nitrogen and oxygen atoms in total. The van der Waals surface area contributed by atoms with Crippen LogP contribution in [0.5, 0.6) is 0 Å². The van der Waals surface area contributed by atoms with Crippen LogP contribution in [0, 0.1) is 11.3 Å². The Labute approximate surface area is 95.9 Å². The molecule has 1 saturated heterocycles. The normalized spacial score (nSPS) is 16.5. The molecular formula is C12H17N3O. The topological polar surface area (TPSA) is 53.1 Å². The largest absolute Gasteiger partial charge is 0.423 e. The van der Waals surface area contributed by atoms with E-state index in [9.17, 15) is 0 Å². The van der Waals surface area contributed by atoms with Crippen molar-refractivity contribution >= 4 is 5.88 Å². The molecule has 0 spiro atoms. The van der Waals surface area contributed by atoms with Gasteiger partial charge in [0.1, 0.15) is 6.07 Å². The van der Waals surface area contributed by atoms with Crippen LogP contribution in [-0.4, -0.2) is 18.1 Å². The first-order valence-corrected chi connectivity index (χ1v) is 5.88. The number of rotatable bonds is 2. The molecule has 0 bridgehead atoms. The zero-order valence-corrected chi connectivity index (χ0v) is 9.86. The number of oxazole rings is 1. The summed E-state index contributed by atoms with van der Waals surface area (Å²) in [4.78, 5) is 6.37. The number of aromatic nitrogens is 1. The highest BCUT2D eigenvalue weighted by Gasteiger charge is 2.22. The Morgan fingerprint density at radius 3 is 2.56 bits per heavy atom. The van der Waals surface area contributed by atoms with Gasteiger partial charge >= 0.3 is 0 Å². The molecule has 0 radical (unpaired) electrons. The lowest BCUT2D eigenvalue weighted by molar-refractivity contribution is 0.448.